The molecule has 1 heteroatoms. The predicted molar refractivity (Wildman–Crippen MR) is 176 cm³/mol. The summed E-state index contributed by atoms with van der Waals surface area (Å²) >= 11 is 0. The van der Waals surface area contributed by atoms with Crippen LogP contribution in [0.4, 0.5) is 0 Å². The molecule has 0 aliphatic heterocycles. The fourth-order valence-electron chi connectivity index (χ4n) is 5.76. The molecule has 0 aromatic rings. The molecule has 0 fully saturated rings. The molecule has 0 unspecified atom stereocenters. The van der Waals surface area contributed by atoms with Gasteiger partial charge in [-0.2, -0.15) is 0 Å². The Balaban J connectivity index is 3.01. The summed E-state index contributed by atoms with van der Waals surface area (Å²) in [5.74, 6) is 0. The summed E-state index contributed by atoms with van der Waals surface area (Å²) in [5, 5.41) is 3.68. The van der Waals surface area contributed by atoms with Crippen LogP contribution in [-0.4, -0.2) is 13.1 Å². The number of hydrogen-bond donors (Lipinski definition) is 1. The number of unbranched alkanes of at least 4 members (excludes halogenated alkanes) is 30. The number of hydrogen-bond acceptors (Lipinski definition) is 1. The minimum absolute atomic E-state index is 1.20. The van der Waals surface area contributed by atoms with Crippen molar-refractivity contribution in [3.05, 3.63) is 12.7 Å². The van der Waals surface area contributed by atoms with Gasteiger partial charge in [-0.15, -0.1) is 6.58 Å². The largest absolute Gasteiger partial charge is 0.317 e. The van der Waals surface area contributed by atoms with Gasteiger partial charge in [0.1, 0.15) is 0 Å². The van der Waals surface area contributed by atoms with Gasteiger partial charge in [-0.1, -0.05) is 193 Å². The Morgan fingerprint density at radius 3 is 0.842 bits per heavy atom. The Morgan fingerprint density at radius 1 is 0.342 bits per heavy atom. The zero-order chi connectivity index (χ0) is 27.5. The monoisotopic (exact) mass is 534 g/mol. The summed E-state index contributed by atoms with van der Waals surface area (Å²) in [7, 11) is 0. The Morgan fingerprint density at radius 2 is 0.579 bits per heavy atom. The van der Waals surface area contributed by atoms with Crippen LogP contribution in [0.3, 0.4) is 0 Å². The van der Waals surface area contributed by atoms with Crippen molar-refractivity contribution in [1.29, 1.82) is 0 Å². The summed E-state index contributed by atoms with van der Waals surface area (Å²) in [6, 6.07) is 0. The summed E-state index contributed by atoms with van der Waals surface area (Å²) in [6.07, 6.45) is 48.2. The normalized spacial score (nSPS) is 11.4. The predicted octanol–water partition coefficient (Wildman–Crippen LogP) is 13.3. The van der Waals surface area contributed by atoms with Crippen molar-refractivity contribution in [2.24, 2.45) is 0 Å². The molecule has 0 amide bonds. The first-order chi connectivity index (χ1) is 18.9. The van der Waals surface area contributed by atoms with E-state index in [2.05, 4.69) is 24.9 Å². The van der Waals surface area contributed by atoms with E-state index >= 15 is 0 Å². The van der Waals surface area contributed by atoms with Crippen LogP contribution >= 0.6 is 0 Å². The highest BCUT2D eigenvalue weighted by Crippen LogP contribution is 2.15. The lowest BCUT2D eigenvalue weighted by atomic mass is 10.0. The first-order valence-corrected chi connectivity index (χ1v) is 18.2. The molecule has 0 radical (unpaired) electrons. The molecule has 1 nitrogen and oxygen atoms in total. The maximum atomic E-state index is 3.80. The molecule has 0 aromatic carbocycles. The smallest absolute Gasteiger partial charge is 0.00489 e. The maximum Gasteiger partial charge on any atom is -0.00489 e. The van der Waals surface area contributed by atoms with E-state index in [9.17, 15) is 0 Å². The van der Waals surface area contributed by atoms with Crippen molar-refractivity contribution in [2.45, 2.75) is 212 Å². The minimum Gasteiger partial charge on any atom is -0.317 e. The van der Waals surface area contributed by atoms with Crippen molar-refractivity contribution in [2.75, 3.05) is 13.1 Å². The third kappa shape index (κ3) is 35.7. The SMILES string of the molecule is C=CCCCCCCCCCCCCCCCCCNCCCCCCCCCCCCCCCCCC. The van der Waals surface area contributed by atoms with E-state index in [-0.39, 0.29) is 0 Å². The van der Waals surface area contributed by atoms with E-state index in [4.69, 9.17) is 0 Å². The zero-order valence-corrected chi connectivity index (χ0v) is 26.8. The second kappa shape index (κ2) is 36.7. The number of nitrogens with one attached hydrogen (secondary N) is 1. The molecule has 0 bridgehead atoms. The van der Waals surface area contributed by atoms with E-state index in [0.29, 0.717) is 0 Å². The minimum atomic E-state index is 1.20. The molecule has 1 N–H and O–H groups in total. The lowest BCUT2D eigenvalue weighted by Crippen LogP contribution is -2.16. The van der Waals surface area contributed by atoms with Gasteiger partial charge >= 0.3 is 0 Å². The van der Waals surface area contributed by atoms with Crippen LogP contribution in [0.25, 0.3) is 0 Å². The fraction of sp³-hybridized carbons (Fsp3) is 0.946. The average molecular weight is 534 g/mol. The topological polar surface area (TPSA) is 12.0 Å². The summed E-state index contributed by atoms with van der Waals surface area (Å²) in [6.45, 7) is 8.59. The molecule has 0 aliphatic carbocycles. The standard InChI is InChI=1S/C37H75N/c1-3-5-7-9-11-13-15-17-19-21-23-25-27-29-31-33-35-37-38-36-34-32-30-28-26-24-22-20-18-16-14-12-10-8-6-4-2/h3,38H,1,4-37H2,2H3. The molecule has 0 aromatic heterocycles. The molecule has 0 saturated carbocycles. The van der Waals surface area contributed by atoms with E-state index in [0.717, 1.165) is 0 Å². The Labute approximate surface area is 243 Å². The highest BCUT2D eigenvalue weighted by Gasteiger charge is 1.97. The zero-order valence-electron chi connectivity index (χ0n) is 26.8. The quantitative estimate of drug-likeness (QED) is 0.0630. The van der Waals surface area contributed by atoms with Crippen molar-refractivity contribution in [3.63, 3.8) is 0 Å². The first kappa shape index (κ1) is 37.7. The third-order valence-electron chi connectivity index (χ3n) is 8.47. The van der Waals surface area contributed by atoms with Gasteiger partial charge in [-0.3, -0.25) is 0 Å². The summed E-state index contributed by atoms with van der Waals surface area (Å²) in [5.41, 5.74) is 0. The summed E-state index contributed by atoms with van der Waals surface area (Å²) in [4.78, 5) is 0. The molecule has 38 heavy (non-hydrogen) atoms. The lowest BCUT2D eigenvalue weighted by molar-refractivity contribution is 0.516. The van der Waals surface area contributed by atoms with Gasteiger partial charge in [-0.25, -0.2) is 0 Å². The number of allylic oxidation sites excluding steroid dienone is 1. The lowest BCUT2D eigenvalue weighted by Gasteiger charge is -2.06. The van der Waals surface area contributed by atoms with Crippen molar-refractivity contribution in [1.82, 2.24) is 5.32 Å². The van der Waals surface area contributed by atoms with Gasteiger partial charge in [0.25, 0.3) is 0 Å². The highest BCUT2D eigenvalue weighted by molar-refractivity contribution is 4.65. The molecule has 0 saturated heterocycles. The van der Waals surface area contributed by atoms with E-state index in [1.54, 1.807) is 0 Å². The van der Waals surface area contributed by atoms with Crippen LogP contribution in [0.15, 0.2) is 12.7 Å². The second-order valence-corrected chi connectivity index (χ2v) is 12.4. The highest BCUT2D eigenvalue weighted by atomic mass is 14.8. The van der Waals surface area contributed by atoms with Crippen molar-refractivity contribution < 1.29 is 0 Å². The number of rotatable bonds is 35. The Bertz CT molecular complexity index is 404. The van der Waals surface area contributed by atoms with Gasteiger partial charge in [0, 0.05) is 0 Å². The van der Waals surface area contributed by atoms with E-state index in [1.807, 2.05) is 0 Å². The molecule has 0 aliphatic rings. The molecule has 0 atom stereocenters. The van der Waals surface area contributed by atoms with Crippen LogP contribution < -0.4 is 5.32 Å². The molecule has 228 valence electrons. The van der Waals surface area contributed by atoms with Gasteiger partial charge in [0.15, 0.2) is 0 Å². The molecular weight excluding hydrogens is 458 g/mol. The second-order valence-electron chi connectivity index (χ2n) is 12.4. The molecule has 0 rings (SSSR count). The van der Waals surface area contributed by atoms with Gasteiger partial charge in [0.05, 0.1) is 0 Å². The Kier molecular flexibility index (Phi) is 36.4. The van der Waals surface area contributed by atoms with Gasteiger partial charge < -0.3 is 5.32 Å². The molecule has 0 spiro atoms. The summed E-state index contributed by atoms with van der Waals surface area (Å²) < 4.78 is 0. The van der Waals surface area contributed by atoms with Gasteiger partial charge in [-0.05, 0) is 38.8 Å². The van der Waals surface area contributed by atoms with E-state index < -0.39 is 0 Å². The maximum absolute atomic E-state index is 3.80. The van der Waals surface area contributed by atoms with Crippen LogP contribution in [0.5, 0.6) is 0 Å². The van der Waals surface area contributed by atoms with Gasteiger partial charge in [0.2, 0.25) is 0 Å². The first-order valence-electron chi connectivity index (χ1n) is 18.2. The molecule has 0 heterocycles. The van der Waals surface area contributed by atoms with Crippen molar-refractivity contribution in [3.8, 4) is 0 Å². The van der Waals surface area contributed by atoms with Crippen LogP contribution in [0.1, 0.15) is 212 Å². The van der Waals surface area contributed by atoms with Crippen LogP contribution in [0, 0.1) is 0 Å². The fourth-order valence-corrected chi connectivity index (χ4v) is 5.76. The average Bonchev–Trinajstić information content (AvgIpc) is 2.93. The van der Waals surface area contributed by atoms with Crippen LogP contribution in [0.2, 0.25) is 0 Å². The van der Waals surface area contributed by atoms with E-state index in [1.165, 1.54) is 219 Å². The third-order valence-corrected chi connectivity index (χ3v) is 8.47. The molecular formula is C37H75N. The Hall–Kier alpha value is -0.300. The van der Waals surface area contributed by atoms with Crippen molar-refractivity contribution >= 4 is 0 Å². The van der Waals surface area contributed by atoms with Crippen LogP contribution in [-0.2, 0) is 0 Å².